The van der Waals surface area contributed by atoms with E-state index >= 15 is 0 Å². The summed E-state index contributed by atoms with van der Waals surface area (Å²) in [6, 6.07) is 3.76. The largest absolute Gasteiger partial charge is 0.355 e. The lowest BCUT2D eigenvalue weighted by molar-refractivity contribution is -0.136. The third-order valence-electron chi connectivity index (χ3n) is 4.56. The molecule has 0 aliphatic carbocycles. The third-order valence-corrected chi connectivity index (χ3v) is 5.97. The molecule has 2 amide bonds. The van der Waals surface area contributed by atoms with Crippen molar-refractivity contribution in [3.05, 3.63) is 21.3 Å². The molecular weight excluding hydrogens is 308 g/mol. The molecule has 1 aromatic rings. The van der Waals surface area contributed by atoms with Crippen LogP contribution >= 0.6 is 22.9 Å². The zero-order chi connectivity index (χ0) is 15.0. The van der Waals surface area contributed by atoms with Crippen molar-refractivity contribution in [2.75, 3.05) is 19.6 Å². The van der Waals surface area contributed by atoms with Crippen molar-refractivity contribution in [1.82, 2.24) is 10.2 Å². The summed E-state index contributed by atoms with van der Waals surface area (Å²) in [7, 11) is 0. The van der Waals surface area contributed by atoms with Crippen LogP contribution < -0.4 is 5.32 Å². The summed E-state index contributed by atoms with van der Waals surface area (Å²) in [5.41, 5.74) is -0.0438. The van der Waals surface area contributed by atoms with Crippen LogP contribution in [0.1, 0.15) is 37.0 Å². The van der Waals surface area contributed by atoms with Crippen LogP contribution in [0, 0.1) is 5.41 Å². The summed E-state index contributed by atoms with van der Waals surface area (Å²) in [6.07, 6.45) is 2.54. The van der Waals surface area contributed by atoms with Gasteiger partial charge in [0, 0.05) is 36.3 Å². The number of nitrogens with zero attached hydrogens (tertiary/aromatic N) is 1. The zero-order valence-electron chi connectivity index (χ0n) is 12.0. The lowest BCUT2D eigenvalue weighted by Gasteiger charge is -2.40. The molecule has 2 aliphatic rings. The maximum atomic E-state index is 12.7. The van der Waals surface area contributed by atoms with E-state index in [0.29, 0.717) is 23.8 Å². The highest BCUT2D eigenvalue weighted by Gasteiger charge is 2.43. The van der Waals surface area contributed by atoms with Crippen molar-refractivity contribution >= 4 is 34.8 Å². The zero-order valence-corrected chi connectivity index (χ0v) is 13.6. The molecule has 2 fully saturated rings. The molecule has 6 heteroatoms. The molecule has 0 saturated carbocycles. The summed E-state index contributed by atoms with van der Waals surface area (Å²) in [4.78, 5) is 27.2. The Morgan fingerprint density at radius 3 is 2.95 bits per heavy atom. The smallest absolute Gasteiger partial charge is 0.230 e. The van der Waals surface area contributed by atoms with Crippen molar-refractivity contribution < 1.29 is 9.59 Å². The average molecular weight is 327 g/mol. The number of halogens is 1. The maximum Gasteiger partial charge on any atom is 0.230 e. The Bertz CT molecular complexity index is 574. The van der Waals surface area contributed by atoms with E-state index in [4.69, 9.17) is 11.6 Å². The highest BCUT2D eigenvalue weighted by atomic mass is 35.5. The Labute approximate surface area is 133 Å². The summed E-state index contributed by atoms with van der Waals surface area (Å²) in [5, 5.41) is 2.91. The van der Waals surface area contributed by atoms with Crippen molar-refractivity contribution in [1.29, 1.82) is 0 Å². The van der Waals surface area contributed by atoms with Gasteiger partial charge in [0.1, 0.15) is 0 Å². The van der Waals surface area contributed by atoms with Crippen molar-refractivity contribution in [2.45, 2.75) is 32.1 Å². The Morgan fingerprint density at radius 2 is 2.33 bits per heavy atom. The van der Waals surface area contributed by atoms with E-state index in [1.165, 1.54) is 11.3 Å². The molecule has 0 radical (unpaired) electrons. The Kier molecular flexibility index (Phi) is 3.97. The standard InChI is InChI=1S/C15H19ClN2O2S/c1-10(11-3-4-12(16)21-11)14(20)18-6-2-5-15(9-18)7-13(19)17-8-15/h3-4,10H,2,5-9H2,1H3,(H,17,19). The molecule has 4 nitrogen and oxygen atoms in total. The van der Waals surface area contributed by atoms with Gasteiger partial charge < -0.3 is 10.2 Å². The first-order chi connectivity index (χ1) is 9.99. The van der Waals surface area contributed by atoms with Gasteiger partial charge in [-0.1, -0.05) is 11.6 Å². The van der Waals surface area contributed by atoms with Gasteiger partial charge in [-0.2, -0.15) is 0 Å². The lowest BCUT2D eigenvalue weighted by Crippen LogP contribution is -2.48. The molecule has 3 heterocycles. The topological polar surface area (TPSA) is 49.4 Å². The second kappa shape index (κ2) is 5.61. The van der Waals surface area contributed by atoms with Crippen LogP contribution in [0.5, 0.6) is 0 Å². The SMILES string of the molecule is CC(C(=O)N1CCCC2(CNC(=O)C2)C1)c1ccc(Cl)s1. The predicted molar refractivity (Wildman–Crippen MR) is 83.6 cm³/mol. The van der Waals surface area contributed by atoms with E-state index in [0.717, 1.165) is 24.3 Å². The molecule has 1 aromatic heterocycles. The molecule has 2 aliphatic heterocycles. The van der Waals surface area contributed by atoms with E-state index in [1.807, 2.05) is 24.0 Å². The van der Waals surface area contributed by atoms with Crippen LogP contribution in [0.25, 0.3) is 0 Å². The van der Waals surface area contributed by atoms with Crippen molar-refractivity contribution in [3.63, 3.8) is 0 Å². The van der Waals surface area contributed by atoms with Crippen LogP contribution in [-0.4, -0.2) is 36.3 Å². The van der Waals surface area contributed by atoms with Crippen LogP contribution in [0.4, 0.5) is 0 Å². The van der Waals surface area contributed by atoms with Gasteiger partial charge in [0.05, 0.1) is 10.3 Å². The first-order valence-corrected chi connectivity index (χ1v) is 8.49. The average Bonchev–Trinajstić information content (AvgIpc) is 3.04. The van der Waals surface area contributed by atoms with Gasteiger partial charge >= 0.3 is 0 Å². The molecule has 1 spiro atoms. The number of hydrogen-bond acceptors (Lipinski definition) is 3. The van der Waals surface area contributed by atoms with Crippen LogP contribution in [0.2, 0.25) is 4.34 Å². The fraction of sp³-hybridized carbons (Fsp3) is 0.600. The minimum atomic E-state index is -0.164. The molecule has 3 rings (SSSR count). The minimum absolute atomic E-state index is 0.0438. The lowest BCUT2D eigenvalue weighted by atomic mass is 9.79. The molecule has 2 atom stereocenters. The van der Waals surface area contributed by atoms with E-state index in [9.17, 15) is 9.59 Å². The summed E-state index contributed by atoms with van der Waals surface area (Å²) in [6.45, 7) is 4.12. The number of thiophene rings is 1. The number of piperidine rings is 1. The van der Waals surface area contributed by atoms with Crippen molar-refractivity contribution in [2.24, 2.45) is 5.41 Å². The van der Waals surface area contributed by atoms with Gasteiger partial charge in [0.25, 0.3) is 0 Å². The molecule has 2 unspecified atom stereocenters. The van der Waals surface area contributed by atoms with Crippen LogP contribution in [0.15, 0.2) is 12.1 Å². The number of carbonyl (C=O) groups is 2. The van der Waals surface area contributed by atoms with Crippen LogP contribution in [0.3, 0.4) is 0 Å². The number of likely N-dealkylation sites (tertiary alicyclic amines) is 1. The van der Waals surface area contributed by atoms with Gasteiger partial charge in [-0.3, -0.25) is 9.59 Å². The van der Waals surface area contributed by atoms with Gasteiger partial charge in [0.15, 0.2) is 0 Å². The number of hydrogen-bond donors (Lipinski definition) is 1. The summed E-state index contributed by atoms with van der Waals surface area (Å²) >= 11 is 7.42. The van der Waals surface area contributed by atoms with Gasteiger partial charge in [-0.05, 0) is 31.9 Å². The highest BCUT2D eigenvalue weighted by molar-refractivity contribution is 7.16. The van der Waals surface area contributed by atoms with Gasteiger partial charge in [-0.25, -0.2) is 0 Å². The molecule has 1 N–H and O–H groups in total. The van der Waals surface area contributed by atoms with E-state index < -0.39 is 0 Å². The second-order valence-corrected chi connectivity index (χ2v) is 7.93. The molecule has 2 saturated heterocycles. The quantitative estimate of drug-likeness (QED) is 0.908. The monoisotopic (exact) mass is 326 g/mol. The molecular formula is C15H19ClN2O2S. The third kappa shape index (κ3) is 2.94. The van der Waals surface area contributed by atoms with Crippen LogP contribution in [-0.2, 0) is 9.59 Å². The Balaban J connectivity index is 1.71. The maximum absolute atomic E-state index is 12.7. The fourth-order valence-electron chi connectivity index (χ4n) is 3.39. The number of nitrogens with one attached hydrogen (secondary N) is 1. The van der Waals surface area contributed by atoms with E-state index in [1.54, 1.807) is 0 Å². The number of carbonyl (C=O) groups excluding carboxylic acids is 2. The first kappa shape index (κ1) is 14.9. The molecule has 21 heavy (non-hydrogen) atoms. The summed E-state index contributed by atoms with van der Waals surface area (Å²) in [5.74, 6) is 0.0945. The molecule has 0 aromatic carbocycles. The first-order valence-electron chi connectivity index (χ1n) is 7.30. The predicted octanol–water partition coefficient (Wildman–Crippen LogP) is 2.63. The number of amides is 2. The molecule has 114 valence electrons. The Morgan fingerprint density at radius 1 is 1.52 bits per heavy atom. The Hall–Kier alpha value is -1.07. The minimum Gasteiger partial charge on any atom is -0.355 e. The second-order valence-electron chi connectivity index (χ2n) is 6.18. The van der Waals surface area contributed by atoms with Gasteiger partial charge in [-0.15, -0.1) is 11.3 Å². The molecule has 0 bridgehead atoms. The number of rotatable bonds is 2. The highest BCUT2D eigenvalue weighted by Crippen LogP contribution is 2.37. The van der Waals surface area contributed by atoms with Crippen molar-refractivity contribution in [3.8, 4) is 0 Å². The summed E-state index contributed by atoms with van der Waals surface area (Å²) < 4.78 is 0.713. The fourth-order valence-corrected chi connectivity index (χ4v) is 4.50. The van der Waals surface area contributed by atoms with Gasteiger partial charge in [0.2, 0.25) is 11.8 Å². The van der Waals surface area contributed by atoms with E-state index in [2.05, 4.69) is 5.32 Å². The van der Waals surface area contributed by atoms with E-state index in [-0.39, 0.29) is 23.1 Å². The normalized spacial score (nSPS) is 27.0.